The number of rotatable bonds is 5. The van der Waals surface area contributed by atoms with Crippen molar-refractivity contribution < 1.29 is 4.74 Å². The van der Waals surface area contributed by atoms with Crippen LogP contribution >= 0.6 is 0 Å². The van der Waals surface area contributed by atoms with Crippen LogP contribution in [0.2, 0.25) is 0 Å². The molecule has 15 heavy (non-hydrogen) atoms. The van der Waals surface area contributed by atoms with Crippen LogP contribution in [0.3, 0.4) is 0 Å². The SMILES string of the molecule is CNC(c1cnn(C)c1)C(OC)C(C)C. The summed E-state index contributed by atoms with van der Waals surface area (Å²) in [6, 6.07) is 0.198. The largest absolute Gasteiger partial charge is 0.379 e. The van der Waals surface area contributed by atoms with Gasteiger partial charge in [0.05, 0.1) is 18.3 Å². The van der Waals surface area contributed by atoms with Gasteiger partial charge < -0.3 is 10.1 Å². The lowest BCUT2D eigenvalue weighted by Crippen LogP contribution is -2.34. The van der Waals surface area contributed by atoms with Gasteiger partial charge >= 0.3 is 0 Å². The van der Waals surface area contributed by atoms with Crippen molar-refractivity contribution in [2.75, 3.05) is 14.2 Å². The van der Waals surface area contributed by atoms with Gasteiger partial charge in [0.15, 0.2) is 0 Å². The van der Waals surface area contributed by atoms with E-state index in [9.17, 15) is 0 Å². The second-order valence-electron chi connectivity index (χ2n) is 4.16. The molecule has 0 radical (unpaired) electrons. The number of aryl methyl sites for hydroxylation is 1. The monoisotopic (exact) mass is 211 g/mol. The zero-order chi connectivity index (χ0) is 11.4. The molecule has 2 atom stereocenters. The smallest absolute Gasteiger partial charge is 0.0789 e. The summed E-state index contributed by atoms with van der Waals surface area (Å²) in [6.45, 7) is 4.32. The van der Waals surface area contributed by atoms with E-state index in [0.29, 0.717) is 5.92 Å². The van der Waals surface area contributed by atoms with Crippen molar-refractivity contribution in [3.8, 4) is 0 Å². The Morgan fingerprint density at radius 2 is 2.13 bits per heavy atom. The number of hydrogen-bond donors (Lipinski definition) is 1. The summed E-state index contributed by atoms with van der Waals surface area (Å²) in [6.07, 6.45) is 4.07. The number of methoxy groups -OCH3 is 1. The number of aromatic nitrogens is 2. The summed E-state index contributed by atoms with van der Waals surface area (Å²) in [4.78, 5) is 0. The molecule has 1 aromatic heterocycles. The molecule has 2 unspecified atom stereocenters. The van der Waals surface area contributed by atoms with Crippen LogP contribution in [-0.2, 0) is 11.8 Å². The molecule has 0 amide bonds. The first-order valence-corrected chi connectivity index (χ1v) is 5.28. The molecule has 1 N–H and O–H groups in total. The van der Waals surface area contributed by atoms with Gasteiger partial charge in [0.25, 0.3) is 0 Å². The molecule has 0 aliphatic rings. The molecule has 1 rings (SSSR count). The lowest BCUT2D eigenvalue weighted by molar-refractivity contribution is 0.0348. The fourth-order valence-corrected chi connectivity index (χ4v) is 1.91. The minimum Gasteiger partial charge on any atom is -0.379 e. The Hall–Kier alpha value is -0.870. The summed E-state index contributed by atoms with van der Waals surface area (Å²) in [5.41, 5.74) is 1.17. The highest BCUT2D eigenvalue weighted by Crippen LogP contribution is 2.23. The van der Waals surface area contributed by atoms with E-state index in [2.05, 4.69) is 24.3 Å². The van der Waals surface area contributed by atoms with Gasteiger partial charge in [0.1, 0.15) is 0 Å². The second-order valence-corrected chi connectivity index (χ2v) is 4.16. The normalized spacial score (nSPS) is 15.6. The highest BCUT2D eigenvalue weighted by Gasteiger charge is 2.25. The number of ether oxygens (including phenoxy) is 1. The predicted octanol–water partition coefficient (Wildman–Crippen LogP) is 1.35. The van der Waals surface area contributed by atoms with E-state index in [4.69, 9.17) is 4.74 Å². The molecule has 0 spiro atoms. The Balaban J connectivity index is 2.86. The zero-order valence-corrected chi connectivity index (χ0v) is 10.2. The van der Waals surface area contributed by atoms with Gasteiger partial charge in [-0.05, 0) is 13.0 Å². The Kier molecular flexibility index (Phi) is 4.29. The maximum absolute atomic E-state index is 5.53. The van der Waals surface area contributed by atoms with E-state index in [1.807, 2.05) is 31.2 Å². The Morgan fingerprint density at radius 3 is 2.47 bits per heavy atom. The van der Waals surface area contributed by atoms with Crippen molar-refractivity contribution in [1.82, 2.24) is 15.1 Å². The number of hydrogen-bond acceptors (Lipinski definition) is 3. The third-order valence-corrected chi connectivity index (χ3v) is 2.65. The molecule has 0 saturated carbocycles. The minimum absolute atomic E-state index is 0.166. The molecule has 4 heteroatoms. The standard InChI is InChI=1S/C11H21N3O/c1-8(2)11(15-5)10(12-3)9-6-13-14(4)7-9/h6-8,10-12H,1-5H3. The van der Waals surface area contributed by atoms with Crippen LogP contribution < -0.4 is 5.32 Å². The van der Waals surface area contributed by atoms with Crippen LogP contribution in [0.15, 0.2) is 12.4 Å². The fraction of sp³-hybridized carbons (Fsp3) is 0.727. The van der Waals surface area contributed by atoms with E-state index < -0.39 is 0 Å². The van der Waals surface area contributed by atoms with Gasteiger partial charge in [-0.3, -0.25) is 4.68 Å². The molecule has 0 aliphatic heterocycles. The first kappa shape index (κ1) is 12.2. The van der Waals surface area contributed by atoms with Crippen molar-refractivity contribution in [2.24, 2.45) is 13.0 Å². The highest BCUT2D eigenvalue weighted by molar-refractivity contribution is 5.12. The quantitative estimate of drug-likeness (QED) is 0.799. The third-order valence-electron chi connectivity index (χ3n) is 2.65. The van der Waals surface area contributed by atoms with Gasteiger partial charge in [-0.2, -0.15) is 5.10 Å². The zero-order valence-electron chi connectivity index (χ0n) is 10.2. The van der Waals surface area contributed by atoms with Gasteiger partial charge in [-0.25, -0.2) is 0 Å². The predicted molar refractivity (Wildman–Crippen MR) is 60.6 cm³/mol. The van der Waals surface area contributed by atoms with Crippen LogP contribution in [0.5, 0.6) is 0 Å². The van der Waals surface area contributed by atoms with Crippen molar-refractivity contribution in [1.29, 1.82) is 0 Å². The van der Waals surface area contributed by atoms with Crippen LogP contribution in [0, 0.1) is 5.92 Å². The molecule has 1 aromatic rings. The van der Waals surface area contributed by atoms with E-state index in [-0.39, 0.29) is 12.1 Å². The molecule has 1 heterocycles. The van der Waals surface area contributed by atoms with E-state index in [0.717, 1.165) is 0 Å². The Morgan fingerprint density at radius 1 is 1.47 bits per heavy atom. The summed E-state index contributed by atoms with van der Waals surface area (Å²) in [5.74, 6) is 0.465. The first-order chi connectivity index (χ1) is 7.10. The Labute approximate surface area is 91.6 Å². The molecule has 0 saturated heterocycles. The number of nitrogens with zero attached hydrogens (tertiary/aromatic N) is 2. The first-order valence-electron chi connectivity index (χ1n) is 5.28. The topological polar surface area (TPSA) is 39.1 Å². The lowest BCUT2D eigenvalue weighted by Gasteiger charge is -2.27. The summed E-state index contributed by atoms with van der Waals surface area (Å²) < 4.78 is 7.34. The highest BCUT2D eigenvalue weighted by atomic mass is 16.5. The van der Waals surface area contributed by atoms with Crippen LogP contribution in [0.1, 0.15) is 25.5 Å². The van der Waals surface area contributed by atoms with Crippen molar-refractivity contribution >= 4 is 0 Å². The van der Waals surface area contributed by atoms with Crippen LogP contribution in [-0.4, -0.2) is 30.0 Å². The van der Waals surface area contributed by atoms with Gasteiger partial charge in [-0.15, -0.1) is 0 Å². The summed E-state index contributed by atoms with van der Waals surface area (Å²) in [7, 11) is 5.63. The molecule has 4 nitrogen and oxygen atoms in total. The van der Waals surface area contributed by atoms with Crippen molar-refractivity contribution in [3.05, 3.63) is 18.0 Å². The lowest BCUT2D eigenvalue weighted by atomic mass is 9.95. The number of likely N-dealkylation sites (N-methyl/N-ethyl adjacent to an activating group) is 1. The molecule has 0 aliphatic carbocycles. The van der Waals surface area contributed by atoms with E-state index >= 15 is 0 Å². The van der Waals surface area contributed by atoms with E-state index in [1.54, 1.807) is 7.11 Å². The Bertz CT molecular complexity index is 296. The van der Waals surface area contributed by atoms with Gasteiger partial charge in [-0.1, -0.05) is 13.8 Å². The van der Waals surface area contributed by atoms with Crippen molar-refractivity contribution in [3.63, 3.8) is 0 Å². The fourth-order valence-electron chi connectivity index (χ4n) is 1.91. The third kappa shape index (κ3) is 2.79. The molecule has 86 valence electrons. The summed E-state index contributed by atoms with van der Waals surface area (Å²) >= 11 is 0. The second kappa shape index (κ2) is 5.28. The number of nitrogens with one attached hydrogen (secondary N) is 1. The average molecular weight is 211 g/mol. The molecular formula is C11H21N3O. The van der Waals surface area contributed by atoms with Crippen LogP contribution in [0.25, 0.3) is 0 Å². The molecule has 0 bridgehead atoms. The maximum Gasteiger partial charge on any atom is 0.0789 e. The molecule has 0 aromatic carbocycles. The van der Waals surface area contributed by atoms with E-state index in [1.165, 1.54) is 5.56 Å². The maximum atomic E-state index is 5.53. The van der Waals surface area contributed by atoms with Gasteiger partial charge in [0, 0.05) is 25.9 Å². The van der Waals surface area contributed by atoms with Crippen LogP contribution in [0.4, 0.5) is 0 Å². The van der Waals surface area contributed by atoms with Crippen molar-refractivity contribution in [2.45, 2.75) is 26.0 Å². The summed E-state index contributed by atoms with van der Waals surface area (Å²) in [5, 5.41) is 7.47. The molecular weight excluding hydrogens is 190 g/mol. The minimum atomic E-state index is 0.166. The van der Waals surface area contributed by atoms with Gasteiger partial charge in [0.2, 0.25) is 0 Å². The average Bonchev–Trinajstić information content (AvgIpc) is 2.60. The molecule has 0 fully saturated rings.